The number of hydrogen-bond donors (Lipinski definition) is 1. The molecule has 0 aromatic carbocycles. The van der Waals surface area contributed by atoms with E-state index in [1.165, 1.54) is 0 Å². The molecule has 7 heteroatoms. The van der Waals surface area contributed by atoms with Gasteiger partial charge in [-0.05, 0) is 0 Å². The van der Waals surface area contributed by atoms with Gasteiger partial charge in [-0.3, -0.25) is 4.79 Å². The maximum Gasteiger partial charge on any atom is 0.383 e. The van der Waals surface area contributed by atoms with Gasteiger partial charge in [0.1, 0.15) is 0 Å². The van der Waals surface area contributed by atoms with Crippen LogP contribution in [-0.4, -0.2) is 47.5 Å². The monoisotopic (exact) mass is 201 g/mol. The summed E-state index contributed by atoms with van der Waals surface area (Å²) < 4.78 is 47.9. The average Bonchev–Trinajstić information content (AvgIpc) is 1.97. The summed E-state index contributed by atoms with van der Waals surface area (Å²) in [6.45, 7) is -0.609. The van der Waals surface area contributed by atoms with Gasteiger partial charge in [-0.2, -0.15) is 8.78 Å². The maximum absolute atomic E-state index is 12.3. The fourth-order valence-electron chi connectivity index (χ4n) is 0.925. The molecule has 0 unspecified atom stereocenters. The number of hydrogen-bond acceptors (Lipinski definition) is 2. The molecular weight excluding hydrogens is 194 g/mol. The summed E-state index contributed by atoms with van der Waals surface area (Å²) in [7, 11) is 0. The highest BCUT2D eigenvalue weighted by atomic mass is 19.3. The Labute approximate surface area is 70.9 Å². The van der Waals surface area contributed by atoms with Gasteiger partial charge in [-0.1, -0.05) is 0 Å². The second-order valence-corrected chi connectivity index (χ2v) is 2.79. The van der Waals surface area contributed by atoms with E-state index in [4.69, 9.17) is 5.11 Å². The summed E-state index contributed by atoms with van der Waals surface area (Å²) in [6, 6.07) is 0. The van der Waals surface area contributed by atoms with Crippen molar-refractivity contribution in [1.29, 1.82) is 0 Å². The molecule has 0 radical (unpaired) electrons. The molecule has 1 fully saturated rings. The highest BCUT2D eigenvalue weighted by molar-refractivity contribution is 5.84. The summed E-state index contributed by atoms with van der Waals surface area (Å²) in [5.41, 5.74) is 0. The second-order valence-electron chi connectivity index (χ2n) is 2.79. The molecule has 0 saturated carbocycles. The van der Waals surface area contributed by atoms with Gasteiger partial charge in [0.25, 0.3) is 5.91 Å². The van der Waals surface area contributed by atoms with Crippen LogP contribution in [0.15, 0.2) is 0 Å². The van der Waals surface area contributed by atoms with E-state index in [1.807, 2.05) is 0 Å². The summed E-state index contributed by atoms with van der Waals surface area (Å²) in [6.07, 6.45) is -4.88. The van der Waals surface area contributed by atoms with Gasteiger partial charge in [0, 0.05) is 13.1 Å². The van der Waals surface area contributed by atoms with Gasteiger partial charge in [-0.25, -0.2) is 8.78 Å². The van der Waals surface area contributed by atoms with E-state index in [0.717, 1.165) is 0 Å². The first-order chi connectivity index (χ1) is 5.85. The molecule has 0 aromatic heterocycles. The minimum Gasteiger partial charge on any atom is -0.389 e. The molecule has 0 spiro atoms. The Kier molecular flexibility index (Phi) is 2.47. The van der Waals surface area contributed by atoms with Crippen LogP contribution in [0.2, 0.25) is 0 Å². The number of likely N-dealkylation sites (tertiary alicyclic amines) is 1. The lowest BCUT2D eigenvalue weighted by atomic mass is 10.1. The third-order valence-electron chi connectivity index (χ3n) is 1.71. The van der Waals surface area contributed by atoms with Gasteiger partial charge in [0.2, 0.25) is 0 Å². The van der Waals surface area contributed by atoms with Crippen molar-refractivity contribution in [2.24, 2.45) is 0 Å². The molecule has 1 saturated heterocycles. The summed E-state index contributed by atoms with van der Waals surface area (Å²) in [5, 5.41) is 8.65. The number of nitrogens with zero attached hydrogens (tertiary/aromatic N) is 1. The molecule has 13 heavy (non-hydrogen) atoms. The number of amides is 1. The predicted molar refractivity (Wildman–Crippen MR) is 33.5 cm³/mol. The van der Waals surface area contributed by atoms with Gasteiger partial charge in [0.05, 0.1) is 6.10 Å². The zero-order valence-electron chi connectivity index (χ0n) is 6.38. The first-order valence-electron chi connectivity index (χ1n) is 3.49. The molecule has 0 aliphatic carbocycles. The van der Waals surface area contributed by atoms with Crippen LogP contribution in [0.5, 0.6) is 0 Å². The van der Waals surface area contributed by atoms with Crippen molar-refractivity contribution in [3.05, 3.63) is 0 Å². The minimum atomic E-state index is -4.64. The van der Waals surface area contributed by atoms with Crippen molar-refractivity contribution in [1.82, 2.24) is 4.90 Å². The molecular formula is C6H7F4NO2. The van der Waals surface area contributed by atoms with Gasteiger partial charge < -0.3 is 10.0 Å². The number of alkyl halides is 4. The topological polar surface area (TPSA) is 40.5 Å². The Bertz CT molecular complexity index is 215. The van der Waals surface area contributed by atoms with Crippen molar-refractivity contribution in [2.75, 3.05) is 13.1 Å². The van der Waals surface area contributed by atoms with E-state index in [2.05, 4.69) is 0 Å². The first kappa shape index (κ1) is 10.2. The van der Waals surface area contributed by atoms with Crippen molar-refractivity contribution in [2.45, 2.75) is 18.5 Å². The van der Waals surface area contributed by atoms with Crippen LogP contribution in [-0.2, 0) is 4.79 Å². The number of rotatable bonds is 2. The smallest absolute Gasteiger partial charge is 0.383 e. The Hall–Kier alpha value is -0.850. The lowest BCUT2D eigenvalue weighted by molar-refractivity contribution is -0.189. The molecule has 0 atom stereocenters. The molecule has 76 valence electrons. The largest absolute Gasteiger partial charge is 0.389 e. The standard InChI is InChI=1S/C6H7F4NO2/c7-4(8)6(9,10)5(13)11-1-3(12)2-11/h3-4,12H,1-2H2. The maximum atomic E-state index is 12.3. The van der Waals surface area contributed by atoms with E-state index >= 15 is 0 Å². The normalized spacial score (nSPS) is 19.1. The molecule has 1 aliphatic rings. The first-order valence-corrected chi connectivity index (χ1v) is 3.49. The molecule has 1 heterocycles. The Morgan fingerprint density at radius 1 is 1.46 bits per heavy atom. The third kappa shape index (κ3) is 1.74. The lowest BCUT2D eigenvalue weighted by Gasteiger charge is -2.37. The van der Waals surface area contributed by atoms with Crippen molar-refractivity contribution in [3.63, 3.8) is 0 Å². The highest BCUT2D eigenvalue weighted by Gasteiger charge is 2.53. The zero-order valence-corrected chi connectivity index (χ0v) is 6.38. The summed E-state index contributed by atoms with van der Waals surface area (Å²) in [4.78, 5) is 11.1. The average molecular weight is 201 g/mol. The van der Waals surface area contributed by atoms with Crippen LogP contribution in [0.4, 0.5) is 17.6 Å². The van der Waals surface area contributed by atoms with E-state index in [9.17, 15) is 22.4 Å². The fraction of sp³-hybridized carbons (Fsp3) is 0.833. The van der Waals surface area contributed by atoms with Gasteiger partial charge in [0.15, 0.2) is 0 Å². The quantitative estimate of drug-likeness (QED) is 0.643. The highest BCUT2D eigenvalue weighted by Crippen LogP contribution is 2.27. The molecule has 0 bridgehead atoms. The van der Waals surface area contributed by atoms with Crippen LogP contribution in [0.3, 0.4) is 0 Å². The molecule has 1 amide bonds. The van der Waals surface area contributed by atoms with Crippen LogP contribution >= 0.6 is 0 Å². The lowest BCUT2D eigenvalue weighted by Crippen LogP contribution is -2.59. The third-order valence-corrected chi connectivity index (χ3v) is 1.71. The molecule has 1 rings (SSSR count). The Morgan fingerprint density at radius 3 is 2.23 bits per heavy atom. The number of carbonyl (C=O) groups excluding carboxylic acids is 1. The van der Waals surface area contributed by atoms with Gasteiger partial charge >= 0.3 is 12.3 Å². The number of halogens is 4. The Morgan fingerprint density at radius 2 is 1.92 bits per heavy atom. The summed E-state index contributed by atoms with van der Waals surface area (Å²) in [5.74, 6) is -6.56. The molecule has 1 N–H and O–H groups in total. The van der Waals surface area contributed by atoms with Crippen molar-refractivity contribution >= 4 is 5.91 Å². The van der Waals surface area contributed by atoms with E-state index in [1.54, 1.807) is 0 Å². The molecule has 1 aliphatic heterocycles. The fourth-order valence-corrected chi connectivity index (χ4v) is 0.925. The summed E-state index contributed by atoms with van der Waals surface area (Å²) >= 11 is 0. The number of aliphatic hydroxyl groups is 1. The van der Waals surface area contributed by atoms with E-state index in [0.29, 0.717) is 4.90 Å². The number of carbonyl (C=O) groups is 1. The SMILES string of the molecule is O=C(N1CC(O)C1)C(F)(F)C(F)F. The van der Waals surface area contributed by atoms with Crippen molar-refractivity contribution < 1.29 is 27.5 Å². The zero-order chi connectivity index (χ0) is 10.2. The number of aliphatic hydroxyl groups excluding tert-OH is 1. The second kappa shape index (κ2) is 3.13. The van der Waals surface area contributed by atoms with Gasteiger partial charge in [-0.15, -0.1) is 0 Å². The van der Waals surface area contributed by atoms with Crippen LogP contribution in [0, 0.1) is 0 Å². The van der Waals surface area contributed by atoms with Crippen molar-refractivity contribution in [3.8, 4) is 0 Å². The molecule has 0 aromatic rings. The predicted octanol–water partition coefficient (Wildman–Crippen LogP) is 0.0899. The molecule has 3 nitrogen and oxygen atoms in total. The minimum absolute atomic E-state index is 0.304. The Balaban J connectivity index is 2.57. The van der Waals surface area contributed by atoms with Crippen LogP contribution in [0.25, 0.3) is 0 Å². The van der Waals surface area contributed by atoms with Crippen LogP contribution in [0.1, 0.15) is 0 Å². The van der Waals surface area contributed by atoms with E-state index in [-0.39, 0.29) is 13.1 Å². The number of β-amino-alcohol motifs (C(OH)–C–C–N with tert-alkyl or cyclic N) is 1. The van der Waals surface area contributed by atoms with Crippen LogP contribution < -0.4 is 0 Å². The van der Waals surface area contributed by atoms with E-state index < -0.39 is 24.4 Å².